The van der Waals surface area contributed by atoms with Gasteiger partial charge in [0.25, 0.3) is 11.8 Å². The lowest BCUT2D eigenvalue weighted by molar-refractivity contribution is 0.00827. The Hall–Kier alpha value is -3.50. The molecule has 2 amide bonds. The fourth-order valence-corrected chi connectivity index (χ4v) is 5.67. The maximum absolute atomic E-state index is 13.1. The van der Waals surface area contributed by atoms with E-state index in [4.69, 9.17) is 4.52 Å². The van der Waals surface area contributed by atoms with Gasteiger partial charge in [-0.15, -0.1) is 11.3 Å². The van der Waals surface area contributed by atoms with Crippen molar-refractivity contribution in [3.8, 4) is 11.1 Å². The molecule has 0 unspecified atom stereocenters. The van der Waals surface area contributed by atoms with Gasteiger partial charge in [0.15, 0.2) is 5.01 Å². The number of hydrogen-bond donors (Lipinski definition) is 1. The number of likely N-dealkylation sites (tertiary alicyclic amines) is 1. The molecule has 3 aromatic heterocycles. The average Bonchev–Trinajstić information content (AvgIpc) is 3.58. The van der Waals surface area contributed by atoms with Gasteiger partial charge >= 0.3 is 0 Å². The van der Waals surface area contributed by atoms with Crippen LogP contribution in [0.4, 0.5) is 0 Å². The molecule has 2 fully saturated rings. The van der Waals surface area contributed by atoms with Gasteiger partial charge in [-0.3, -0.25) is 14.5 Å². The van der Waals surface area contributed by atoms with Gasteiger partial charge in [-0.25, -0.2) is 4.98 Å². The summed E-state index contributed by atoms with van der Waals surface area (Å²) in [6.45, 7) is 8.27. The Kier molecular flexibility index (Phi) is 5.42. The van der Waals surface area contributed by atoms with E-state index >= 15 is 0 Å². The Morgan fingerprint density at radius 1 is 1.06 bits per heavy atom. The smallest absolute Gasteiger partial charge is 0.282 e. The van der Waals surface area contributed by atoms with Crippen LogP contribution in [0.3, 0.4) is 0 Å². The van der Waals surface area contributed by atoms with Gasteiger partial charge in [-0.1, -0.05) is 17.3 Å². The van der Waals surface area contributed by atoms with E-state index in [1.54, 1.807) is 6.20 Å². The second-order valence-corrected chi connectivity index (χ2v) is 10.1. The largest absolute Gasteiger partial charge is 0.361 e. The van der Waals surface area contributed by atoms with E-state index in [2.05, 4.69) is 20.0 Å². The van der Waals surface area contributed by atoms with Crippen molar-refractivity contribution in [3.63, 3.8) is 0 Å². The predicted octanol–water partition coefficient (Wildman–Crippen LogP) is 3.18. The first kappa shape index (κ1) is 22.0. The number of amides is 2. The molecule has 1 N–H and O–H groups in total. The van der Waals surface area contributed by atoms with Gasteiger partial charge in [-0.05, 0) is 31.5 Å². The molecule has 4 aromatic rings. The highest BCUT2D eigenvalue weighted by Crippen LogP contribution is 2.30. The van der Waals surface area contributed by atoms with Crippen LogP contribution >= 0.6 is 11.3 Å². The maximum atomic E-state index is 13.1. The molecule has 0 saturated carbocycles. The predicted molar refractivity (Wildman–Crippen MR) is 133 cm³/mol. The van der Waals surface area contributed by atoms with Crippen molar-refractivity contribution in [1.82, 2.24) is 29.8 Å². The van der Waals surface area contributed by atoms with E-state index < -0.39 is 0 Å². The molecule has 2 aliphatic rings. The van der Waals surface area contributed by atoms with Crippen molar-refractivity contribution in [3.05, 3.63) is 58.0 Å². The van der Waals surface area contributed by atoms with E-state index in [-0.39, 0.29) is 11.8 Å². The summed E-state index contributed by atoms with van der Waals surface area (Å²) in [5, 5.41) is 7.43. The minimum Gasteiger partial charge on any atom is -0.361 e. The first-order valence-corrected chi connectivity index (χ1v) is 12.6. The number of carbonyl (C=O) groups excluding carboxylic acids is 2. The van der Waals surface area contributed by atoms with Crippen LogP contribution in [0.1, 0.15) is 31.7 Å². The highest BCUT2D eigenvalue weighted by Gasteiger charge is 2.37. The number of fused-ring (bicyclic) bond motifs is 1. The van der Waals surface area contributed by atoms with Gasteiger partial charge in [0.2, 0.25) is 0 Å². The highest BCUT2D eigenvalue weighted by atomic mass is 32.1. The molecule has 10 heteroatoms. The summed E-state index contributed by atoms with van der Waals surface area (Å²) in [4.78, 5) is 39.2. The molecule has 5 heterocycles. The number of nitrogens with one attached hydrogen (secondary N) is 1. The zero-order valence-corrected chi connectivity index (χ0v) is 20.5. The summed E-state index contributed by atoms with van der Waals surface area (Å²) < 4.78 is 5.31. The van der Waals surface area contributed by atoms with E-state index in [0.717, 1.165) is 46.6 Å². The van der Waals surface area contributed by atoms with Crippen molar-refractivity contribution >= 4 is 34.1 Å². The van der Waals surface area contributed by atoms with Crippen LogP contribution in [-0.2, 0) is 0 Å². The lowest BCUT2D eigenvalue weighted by Gasteiger charge is -2.47. The average molecular weight is 491 g/mol. The normalized spacial score (nSPS) is 17.2. The van der Waals surface area contributed by atoms with E-state index in [9.17, 15) is 9.59 Å². The van der Waals surface area contributed by atoms with Crippen molar-refractivity contribution in [2.45, 2.75) is 19.9 Å². The highest BCUT2D eigenvalue weighted by molar-refractivity contribution is 7.11. The van der Waals surface area contributed by atoms with Crippen molar-refractivity contribution in [2.75, 3.05) is 39.3 Å². The van der Waals surface area contributed by atoms with Gasteiger partial charge in [-0.2, -0.15) is 0 Å². The van der Waals surface area contributed by atoms with Crippen LogP contribution in [0.25, 0.3) is 22.0 Å². The SMILES string of the molecule is Cc1noc(C)c1-c1ccc2cc(C(=O)N3CC(N4CCN(C(=O)c5nccs5)CC4)C3)[nH]c2c1. The van der Waals surface area contributed by atoms with Crippen LogP contribution in [-0.4, -0.2) is 86.9 Å². The summed E-state index contributed by atoms with van der Waals surface area (Å²) >= 11 is 1.38. The third kappa shape index (κ3) is 3.92. The first-order chi connectivity index (χ1) is 17.0. The molecule has 2 aliphatic heterocycles. The van der Waals surface area contributed by atoms with Crippen LogP contribution in [0.5, 0.6) is 0 Å². The zero-order chi connectivity index (χ0) is 24.1. The number of aryl methyl sites for hydroxylation is 2. The zero-order valence-electron chi connectivity index (χ0n) is 19.7. The summed E-state index contributed by atoms with van der Waals surface area (Å²) in [6, 6.07) is 8.37. The summed E-state index contributed by atoms with van der Waals surface area (Å²) in [6.07, 6.45) is 1.67. The van der Waals surface area contributed by atoms with Gasteiger partial charge in [0.05, 0.1) is 5.69 Å². The minimum absolute atomic E-state index is 0.0152. The molecule has 0 aliphatic carbocycles. The minimum atomic E-state index is 0.0152. The molecule has 0 spiro atoms. The second kappa shape index (κ2) is 8.62. The van der Waals surface area contributed by atoms with Crippen LogP contribution in [0.15, 0.2) is 40.4 Å². The third-order valence-electron chi connectivity index (χ3n) is 7.06. The van der Waals surface area contributed by atoms with Crippen molar-refractivity contribution in [1.29, 1.82) is 0 Å². The molecule has 1 aromatic carbocycles. The number of piperazine rings is 1. The Labute approximate surface area is 206 Å². The van der Waals surface area contributed by atoms with Gasteiger partial charge in [0, 0.05) is 73.4 Å². The molecule has 180 valence electrons. The molecule has 9 nitrogen and oxygen atoms in total. The number of thiazole rings is 1. The second-order valence-electron chi connectivity index (χ2n) is 9.21. The van der Waals surface area contributed by atoms with Crippen molar-refractivity contribution < 1.29 is 14.1 Å². The van der Waals surface area contributed by atoms with E-state index in [1.807, 2.05) is 53.3 Å². The fraction of sp³-hybridized carbons (Fsp3) is 0.360. The third-order valence-corrected chi connectivity index (χ3v) is 7.82. The first-order valence-electron chi connectivity index (χ1n) is 11.8. The number of carbonyl (C=O) groups is 2. The molecule has 6 rings (SSSR count). The van der Waals surface area contributed by atoms with Crippen LogP contribution < -0.4 is 0 Å². The van der Waals surface area contributed by atoms with Crippen molar-refractivity contribution in [2.24, 2.45) is 0 Å². The number of benzene rings is 1. The Balaban J connectivity index is 1.07. The lowest BCUT2D eigenvalue weighted by Crippen LogP contribution is -2.64. The molecule has 0 radical (unpaired) electrons. The molecular weight excluding hydrogens is 464 g/mol. The molecule has 0 bridgehead atoms. The molecular formula is C25H26N6O3S. The fourth-order valence-electron chi connectivity index (χ4n) is 5.07. The van der Waals surface area contributed by atoms with E-state index in [1.165, 1.54) is 11.3 Å². The molecule has 2 saturated heterocycles. The van der Waals surface area contributed by atoms with Gasteiger partial charge < -0.3 is 19.3 Å². The van der Waals surface area contributed by atoms with Crippen LogP contribution in [0, 0.1) is 13.8 Å². The lowest BCUT2D eigenvalue weighted by atomic mass is 10.0. The monoisotopic (exact) mass is 490 g/mol. The summed E-state index contributed by atoms with van der Waals surface area (Å²) in [5.74, 6) is 0.819. The summed E-state index contributed by atoms with van der Waals surface area (Å²) in [5.41, 5.74) is 4.39. The number of hydrogen-bond acceptors (Lipinski definition) is 7. The number of nitrogens with zero attached hydrogens (tertiary/aromatic N) is 5. The maximum Gasteiger partial charge on any atom is 0.282 e. The standard InChI is InChI=1S/C25H26N6O3S/c1-15-22(16(2)34-28-15)18-4-3-17-11-21(27-20(17)12-18)24(32)31-13-19(14-31)29-6-8-30(9-7-29)25(33)23-26-5-10-35-23/h3-5,10-12,19,27H,6-9,13-14H2,1-2H3. The summed E-state index contributed by atoms with van der Waals surface area (Å²) in [7, 11) is 0. The van der Waals surface area contributed by atoms with Crippen LogP contribution in [0.2, 0.25) is 0 Å². The number of H-pyrrole nitrogens is 1. The van der Waals surface area contributed by atoms with E-state index in [0.29, 0.717) is 42.9 Å². The number of rotatable bonds is 4. The quantitative estimate of drug-likeness (QED) is 0.472. The number of aromatic nitrogens is 3. The van der Waals surface area contributed by atoms with Gasteiger partial charge in [0.1, 0.15) is 11.5 Å². The Morgan fingerprint density at radius 2 is 1.86 bits per heavy atom. The molecule has 0 atom stereocenters. The number of aromatic amines is 1. The Bertz CT molecular complexity index is 1370. The Morgan fingerprint density at radius 3 is 2.54 bits per heavy atom. The molecule has 35 heavy (non-hydrogen) atoms. The topological polar surface area (TPSA) is 98.6 Å².